The average molecular weight is 540 g/mol. The summed E-state index contributed by atoms with van der Waals surface area (Å²) in [7, 11) is 0. The van der Waals surface area contributed by atoms with E-state index in [-0.39, 0.29) is 11.9 Å². The number of carbonyl (C=O) groups excluding carboxylic acids is 1. The van der Waals surface area contributed by atoms with Crippen molar-refractivity contribution in [1.82, 2.24) is 14.7 Å². The van der Waals surface area contributed by atoms with E-state index in [0.29, 0.717) is 15.8 Å². The van der Waals surface area contributed by atoms with Crippen molar-refractivity contribution < 1.29 is 9.53 Å². The fourth-order valence-corrected chi connectivity index (χ4v) is 5.85. The van der Waals surface area contributed by atoms with Crippen molar-refractivity contribution in [2.24, 2.45) is 0 Å². The maximum atomic E-state index is 13.6. The molecule has 5 rings (SSSR count). The van der Waals surface area contributed by atoms with Crippen molar-refractivity contribution in [2.45, 2.75) is 33.2 Å². The molecule has 5 nitrogen and oxygen atoms in total. The first-order valence-corrected chi connectivity index (χ1v) is 13.9. The lowest BCUT2D eigenvalue weighted by molar-refractivity contribution is -0.123. The molecule has 1 aliphatic rings. The van der Waals surface area contributed by atoms with E-state index in [9.17, 15) is 4.79 Å². The second-order valence-corrected chi connectivity index (χ2v) is 10.9. The summed E-state index contributed by atoms with van der Waals surface area (Å²) in [6, 6.07) is 25.9. The van der Waals surface area contributed by atoms with Crippen LogP contribution in [-0.2, 0) is 4.79 Å². The SMILES string of the molecule is CCCOc1ccc(-c2nn(-c3ccccc3)cc2C=C2SC(=S)N(C(C)c3ccccc3)C2=O)cc1C. The molecule has 0 spiro atoms. The number of thiocarbonyl (C=S) groups is 1. The third kappa shape index (κ3) is 5.30. The summed E-state index contributed by atoms with van der Waals surface area (Å²) in [6.07, 6.45) is 4.83. The van der Waals surface area contributed by atoms with E-state index in [1.54, 1.807) is 4.90 Å². The number of benzene rings is 3. The topological polar surface area (TPSA) is 47.4 Å². The van der Waals surface area contributed by atoms with Crippen LogP contribution in [0.5, 0.6) is 5.75 Å². The summed E-state index contributed by atoms with van der Waals surface area (Å²) in [5.41, 5.74) is 5.63. The highest BCUT2D eigenvalue weighted by Crippen LogP contribution is 2.39. The Morgan fingerprint density at radius 3 is 2.45 bits per heavy atom. The van der Waals surface area contributed by atoms with Gasteiger partial charge in [0.1, 0.15) is 15.8 Å². The molecule has 0 aliphatic carbocycles. The minimum absolute atomic E-state index is 0.0886. The molecule has 2 heterocycles. The number of nitrogens with zero attached hydrogens (tertiary/aromatic N) is 3. The molecule has 3 aromatic carbocycles. The van der Waals surface area contributed by atoms with E-state index in [1.165, 1.54) is 11.8 Å². The average Bonchev–Trinajstić information content (AvgIpc) is 3.48. The number of hydrogen-bond acceptors (Lipinski definition) is 5. The second-order valence-electron chi connectivity index (χ2n) is 9.18. The Bertz CT molecular complexity index is 1500. The molecule has 7 heteroatoms. The smallest absolute Gasteiger partial charge is 0.266 e. The van der Waals surface area contributed by atoms with Crippen LogP contribution in [0.25, 0.3) is 23.0 Å². The van der Waals surface area contributed by atoms with Gasteiger partial charge < -0.3 is 4.74 Å². The van der Waals surface area contributed by atoms with Crippen molar-refractivity contribution in [1.29, 1.82) is 0 Å². The Morgan fingerprint density at radius 1 is 1.05 bits per heavy atom. The molecule has 192 valence electrons. The van der Waals surface area contributed by atoms with Gasteiger partial charge in [-0.2, -0.15) is 5.10 Å². The van der Waals surface area contributed by atoms with E-state index in [0.717, 1.165) is 45.8 Å². The molecule has 0 saturated carbocycles. The summed E-state index contributed by atoms with van der Waals surface area (Å²) >= 11 is 6.99. The molecule has 4 aromatic rings. The van der Waals surface area contributed by atoms with Crippen LogP contribution < -0.4 is 4.74 Å². The quantitative estimate of drug-likeness (QED) is 0.170. The number of hydrogen-bond donors (Lipinski definition) is 0. The molecular weight excluding hydrogens is 510 g/mol. The lowest BCUT2D eigenvalue weighted by Crippen LogP contribution is -2.30. The predicted octanol–water partition coefficient (Wildman–Crippen LogP) is 7.60. The van der Waals surface area contributed by atoms with Gasteiger partial charge in [0.05, 0.1) is 23.2 Å². The highest BCUT2D eigenvalue weighted by atomic mass is 32.2. The molecule has 1 saturated heterocycles. The first-order valence-electron chi connectivity index (χ1n) is 12.7. The molecule has 1 fully saturated rings. The van der Waals surface area contributed by atoms with Crippen molar-refractivity contribution in [3.8, 4) is 22.7 Å². The number of aryl methyl sites for hydroxylation is 1. The molecule has 1 aliphatic heterocycles. The zero-order valence-electron chi connectivity index (χ0n) is 21.6. The number of carbonyl (C=O) groups is 1. The van der Waals surface area contributed by atoms with Crippen LogP contribution in [0.4, 0.5) is 0 Å². The summed E-state index contributed by atoms with van der Waals surface area (Å²) < 4.78 is 8.29. The largest absolute Gasteiger partial charge is 0.493 e. The molecule has 0 radical (unpaired) electrons. The van der Waals surface area contributed by atoms with Gasteiger partial charge in [-0.3, -0.25) is 9.69 Å². The van der Waals surface area contributed by atoms with Gasteiger partial charge in [0.2, 0.25) is 0 Å². The fourth-order valence-electron chi connectivity index (χ4n) is 4.44. The maximum absolute atomic E-state index is 13.6. The van der Waals surface area contributed by atoms with Gasteiger partial charge in [-0.15, -0.1) is 0 Å². The van der Waals surface area contributed by atoms with E-state index >= 15 is 0 Å². The number of aromatic nitrogens is 2. The third-order valence-electron chi connectivity index (χ3n) is 6.45. The second kappa shape index (κ2) is 11.4. The highest BCUT2D eigenvalue weighted by Gasteiger charge is 2.36. The first kappa shape index (κ1) is 25.9. The summed E-state index contributed by atoms with van der Waals surface area (Å²) in [5.74, 6) is 0.782. The Kier molecular flexibility index (Phi) is 7.77. The lowest BCUT2D eigenvalue weighted by atomic mass is 10.0. The number of ether oxygens (including phenoxy) is 1. The van der Waals surface area contributed by atoms with Gasteiger partial charge in [-0.05, 0) is 67.8 Å². The molecule has 0 bridgehead atoms. The predicted molar refractivity (Wildman–Crippen MR) is 159 cm³/mol. The van der Waals surface area contributed by atoms with Gasteiger partial charge in [-0.25, -0.2) is 4.68 Å². The van der Waals surface area contributed by atoms with Gasteiger partial charge >= 0.3 is 0 Å². The molecule has 0 N–H and O–H groups in total. The summed E-state index contributed by atoms with van der Waals surface area (Å²) in [5, 5.41) is 4.94. The Morgan fingerprint density at radius 2 is 1.76 bits per heavy atom. The molecule has 1 atom stereocenters. The van der Waals surface area contributed by atoms with Crippen molar-refractivity contribution in [3.63, 3.8) is 0 Å². The number of thioether (sulfide) groups is 1. The molecule has 38 heavy (non-hydrogen) atoms. The van der Waals surface area contributed by atoms with Gasteiger partial charge in [-0.1, -0.05) is 79.4 Å². The van der Waals surface area contributed by atoms with E-state index < -0.39 is 0 Å². The first-order chi connectivity index (χ1) is 18.5. The van der Waals surface area contributed by atoms with Crippen LogP contribution in [0.2, 0.25) is 0 Å². The highest BCUT2D eigenvalue weighted by molar-refractivity contribution is 8.26. The van der Waals surface area contributed by atoms with Crippen molar-refractivity contribution >= 4 is 40.3 Å². The van der Waals surface area contributed by atoms with Gasteiger partial charge in [0.15, 0.2) is 0 Å². The molecule has 1 unspecified atom stereocenters. The van der Waals surface area contributed by atoms with E-state index in [4.69, 9.17) is 22.1 Å². The van der Waals surface area contributed by atoms with Gasteiger partial charge in [0, 0.05) is 17.3 Å². The Hall–Kier alpha value is -3.68. The van der Waals surface area contributed by atoms with E-state index in [1.807, 2.05) is 104 Å². The normalized spacial score (nSPS) is 15.3. The molecular formula is C31H29N3O2S2. The third-order valence-corrected chi connectivity index (χ3v) is 7.78. The standard InChI is InChI=1S/C31H29N3O2S2/c1-4-17-36-27-16-15-24(18-21(27)2)29-25(20-33(32-29)26-13-9-6-10-14-26)19-28-30(35)34(31(37)38-28)22(3)23-11-7-5-8-12-23/h5-16,18-20,22H,4,17H2,1-3H3. The molecule has 1 amide bonds. The van der Waals surface area contributed by atoms with Gasteiger partial charge in [0.25, 0.3) is 5.91 Å². The fraction of sp³-hybridized carbons (Fsp3) is 0.194. The van der Waals surface area contributed by atoms with Crippen LogP contribution in [0, 0.1) is 6.92 Å². The van der Waals surface area contributed by atoms with Crippen LogP contribution in [0.1, 0.15) is 43.0 Å². The zero-order valence-corrected chi connectivity index (χ0v) is 23.3. The zero-order chi connectivity index (χ0) is 26.6. The minimum Gasteiger partial charge on any atom is -0.493 e. The Balaban J connectivity index is 1.54. The monoisotopic (exact) mass is 539 g/mol. The van der Waals surface area contributed by atoms with E-state index in [2.05, 4.69) is 13.0 Å². The summed E-state index contributed by atoms with van der Waals surface area (Å²) in [6.45, 7) is 6.82. The summed E-state index contributed by atoms with van der Waals surface area (Å²) in [4.78, 5) is 15.9. The van der Waals surface area contributed by atoms with Crippen LogP contribution in [0.3, 0.4) is 0 Å². The molecule has 1 aromatic heterocycles. The number of para-hydroxylation sites is 1. The van der Waals surface area contributed by atoms with Crippen LogP contribution in [0.15, 0.2) is 90.0 Å². The minimum atomic E-state index is -0.153. The van der Waals surface area contributed by atoms with Crippen LogP contribution >= 0.6 is 24.0 Å². The lowest BCUT2D eigenvalue weighted by Gasteiger charge is -2.23. The number of rotatable bonds is 8. The van der Waals surface area contributed by atoms with Crippen molar-refractivity contribution in [3.05, 3.63) is 107 Å². The Labute approximate surface area is 233 Å². The van der Waals surface area contributed by atoms with Crippen molar-refractivity contribution in [2.75, 3.05) is 6.61 Å². The number of amides is 1. The maximum Gasteiger partial charge on any atom is 0.266 e. The van der Waals surface area contributed by atoms with Crippen LogP contribution in [-0.4, -0.2) is 31.5 Å².